The highest BCUT2D eigenvalue weighted by Crippen LogP contribution is 2.32. The lowest BCUT2D eigenvalue weighted by molar-refractivity contribution is -0.151. The molecule has 1 aromatic rings. The van der Waals surface area contributed by atoms with Gasteiger partial charge >= 0.3 is 5.97 Å². The Balaban J connectivity index is 2.29. The first-order chi connectivity index (χ1) is 16.8. The van der Waals surface area contributed by atoms with E-state index < -0.39 is 35.6 Å². The van der Waals surface area contributed by atoms with Gasteiger partial charge in [-0.3, -0.25) is 9.59 Å². The second-order valence-corrected chi connectivity index (χ2v) is 11.9. The third-order valence-corrected chi connectivity index (χ3v) is 7.95. The van der Waals surface area contributed by atoms with Gasteiger partial charge in [-0.25, -0.2) is 4.98 Å². The first kappa shape index (κ1) is 30.4. The largest absolute Gasteiger partial charge is 0.457 e. The van der Waals surface area contributed by atoms with Gasteiger partial charge in [0.25, 0.3) is 0 Å². The van der Waals surface area contributed by atoms with E-state index in [2.05, 4.69) is 11.1 Å². The number of ketones is 1. The van der Waals surface area contributed by atoms with Crippen LogP contribution < -0.4 is 0 Å². The highest BCUT2D eigenvalue weighted by Gasteiger charge is 2.38. The van der Waals surface area contributed by atoms with Crippen LogP contribution in [-0.4, -0.2) is 50.4 Å². The molecule has 0 saturated carbocycles. The lowest BCUT2D eigenvalue weighted by Gasteiger charge is -2.32. The number of esters is 1. The molecule has 8 heteroatoms. The van der Waals surface area contributed by atoms with E-state index in [1.165, 1.54) is 11.3 Å². The molecule has 202 valence electrons. The summed E-state index contributed by atoms with van der Waals surface area (Å²) in [5.74, 6) is -1.24. The minimum atomic E-state index is -1.04. The molecule has 2 rings (SSSR count). The first-order valence-corrected chi connectivity index (χ1v) is 13.7. The zero-order valence-electron chi connectivity index (χ0n) is 22.5. The number of Topliss-reactive ketones (excluding diaryl/α,β-unsaturated/α-hetero) is 1. The van der Waals surface area contributed by atoms with Crippen molar-refractivity contribution >= 4 is 29.2 Å². The minimum absolute atomic E-state index is 0.0297. The summed E-state index contributed by atoms with van der Waals surface area (Å²) in [5.41, 5.74) is 1.78. The predicted molar refractivity (Wildman–Crippen MR) is 142 cm³/mol. The average Bonchev–Trinajstić information content (AvgIpc) is 3.26. The molecule has 0 unspecified atom stereocenters. The van der Waals surface area contributed by atoms with Crippen molar-refractivity contribution in [2.45, 2.75) is 105 Å². The Labute approximate surface area is 219 Å². The number of hydrogen-bond acceptors (Lipinski definition) is 8. The molecule has 0 fully saturated rings. The van der Waals surface area contributed by atoms with Crippen LogP contribution in [0.25, 0.3) is 6.08 Å². The Morgan fingerprint density at radius 1 is 1.28 bits per heavy atom. The molecular weight excluding hydrogens is 478 g/mol. The fraction of sp³-hybridized carbons (Fsp3) is 0.679. The molecule has 0 saturated heterocycles. The van der Waals surface area contributed by atoms with E-state index in [0.717, 1.165) is 30.4 Å². The van der Waals surface area contributed by atoms with Gasteiger partial charge < -0.3 is 20.1 Å². The number of thiazole rings is 1. The fourth-order valence-corrected chi connectivity index (χ4v) is 5.44. The number of cyclic esters (lactones) is 1. The van der Waals surface area contributed by atoms with E-state index in [4.69, 9.17) is 4.74 Å². The SMILES string of the molecule is C/C1=C/C[C@@H](/C(C)=C/c2csc(CO)n2)OC(=O)C[C@@H](O)CC(C)(C)C(=O)[C@@H](C)[C@@H](O)[C@H](C)CCC1. The van der Waals surface area contributed by atoms with Crippen molar-refractivity contribution in [1.29, 1.82) is 0 Å². The summed E-state index contributed by atoms with van der Waals surface area (Å²) in [4.78, 5) is 30.3. The smallest absolute Gasteiger partial charge is 0.309 e. The van der Waals surface area contributed by atoms with Crippen LogP contribution in [0.15, 0.2) is 22.6 Å². The second kappa shape index (κ2) is 13.6. The number of carbonyl (C=O) groups excluding carboxylic acids is 2. The van der Waals surface area contributed by atoms with Gasteiger partial charge in [-0.15, -0.1) is 11.3 Å². The van der Waals surface area contributed by atoms with E-state index in [1.54, 1.807) is 20.8 Å². The number of allylic oxidation sites excluding steroid dienone is 1. The molecule has 1 aliphatic heterocycles. The van der Waals surface area contributed by atoms with Crippen molar-refractivity contribution in [2.75, 3.05) is 0 Å². The van der Waals surface area contributed by atoms with Gasteiger partial charge in [-0.05, 0) is 57.1 Å². The zero-order valence-corrected chi connectivity index (χ0v) is 23.3. The number of carbonyl (C=O) groups is 2. The van der Waals surface area contributed by atoms with Crippen LogP contribution in [0, 0.1) is 17.3 Å². The maximum atomic E-state index is 13.2. The van der Waals surface area contributed by atoms with Crippen molar-refractivity contribution in [3.8, 4) is 0 Å². The monoisotopic (exact) mass is 521 g/mol. The number of aromatic nitrogens is 1. The number of rotatable bonds is 3. The van der Waals surface area contributed by atoms with Crippen LogP contribution in [0.3, 0.4) is 0 Å². The van der Waals surface area contributed by atoms with Crippen LogP contribution in [0.2, 0.25) is 0 Å². The highest BCUT2D eigenvalue weighted by molar-refractivity contribution is 7.09. The molecule has 2 heterocycles. The Bertz CT molecular complexity index is 950. The number of hydrogen-bond donors (Lipinski definition) is 3. The molecule has 1 aromatic heterocycles. The van der Waals surface area contributed by atoms with Gasteiger partial charge in [0.15, 0.2) is 0 Å². The van der Waals surface area contributed by atoms with Crippen molar-refractivity contribution < 1.29 is 29.6 Å². The van der Waals surface area contributed by atoms with Gasteiger partial charge in [-0.1, -0.05) is 39.3 Å². The van der Waals surface area contributed by atoms with Crippen LogP contribution in [0.5, 0.6) is 0 Å². The van der Waals surface area contributed by atoms with Crippen molar-refractivity contribution in [1.82, 2.24) is 4.98 Å². The molecule has 0 aliphatic carbocycles. The topological polar surface area (TPSA) is 117 Å². The predicted octanol–water partition coefficient (Wildman–Crippen LogP) is 4.84. The van der Waals surface area contributed by atoms with Crippen molar-refractivity contribution in [2.24, 2.45) is 17.3 Å². The lowest BCUT2D eigenvalue weighted by Crippen LogP contribution is -2.40. The normalized spacial score (nSPS) is 31.3. The van der Waals surface area contributed by atoms with Gasteiger partial charge in [0.1, 0.15) is 16.9 Å². The number of nitrogens with zero attached hydrogens (tertiary/aromatic N) is 1. The molecular formula is C28H43NO6S. The Morgan fingerprint density at radius 2 is 1.97 bits per heavy atom. The number of aliphatic hydroxyl groups is 3. The summed E-state index contributed by atoms with van der Waals surface area (Å²) >= 11 is 1.36. The van der Waals surface area contributed by atoms with Crippen LogP contribution in [0.4, 0.5) is 0 Å². The van der Waals surface area contributed by atoms with Gasteiger partial charge in [0, 0.05) is 23.1 Å². The molecule has 3 N–H and O–H groups in total. The first-order valence-electron chi connectivity index (χ1n) is 12.8. The van der Waals surface area contributed by atoms with E-state index in [9.17, 15) is 24.9 Å². The number of ether oxygens (including phenoxy) is 1. The fourth-order valence-electron chi connectivity index (χ4n) is 4.83. The summed E-state index contributed by atoms with van der Waals surface area (Å²) in [7, 11) is 0. The van der Waals surface area contributed by atoms with E-state index in [-0.39, 0.29) is 31.1 Å². The Morgan fingerprint density at radius 3 is 2.61 bits per heavy atom. The summed E-state index contributed by atoms with van der Waals surface area (Å²) in [6.45, 7) is 11.0. The average molecular weight is 522 g/mol. The Kier molecular flexibility index (Phi) is 11.5. The van der Waals surface area contributed by atoms with Gasteiger partial charge in [-0.2, -0.15) is 0 Å². The molecule has 0 spiro atoms. The van der Waals surface area contributed by atoms with E-state index in [1.807, 2.05) is 32.2 Å². The molecule has 5 atom stereocenters. The zero-order chi connectivity index (χ0) is 27.0. The Hall–Kier alpha value is -1.87. The van der Waals surface area contributed by atoms with Crippen LogP contribution in [-0.2, 0) is 20.9 Å². The van der Waals surface area contributed by atoms with Crippen molar-refractivity contribution in [3.05, 3.63) is 33.3 Å². The quantitative estimate of drug-likeness (QED) is 0.385. The molecule has 0 radical (unpaired) electrons. The van der Waals surface area contributed by atoms with Gasteiger partial charge in [0.05, 0.1) is 30.9 Å². The summed E-state index contributed by atoms with van der Waals surface area (Å²) in [5, 5.41) is 33.2. The molecule has 1 aliphatic rings. The maximum absolute atomic E-state index is 13.2. The number of aliphatic hydroxyl groups excluding tert-OH is 3. The minimum Gasteiger partial charge on any atom is -0.457 e. The van der Waals surface area contributed by atoms with Crippen LogP contribution >= 0.6 is 11.3 Å². The summed E-state index contributed by atoms with van der Waals surface area (Å²) < 4.78 is 5.80. The lowest BCUT2D eigenvalue weighted by atomic mass is 9.74. The second-order valence-electron chi connectivity index (χ2n) is 10.9. The molecule has 0 aromatic carbocycles. The maximum Gasteiger partial charge on any atom is 0.309 e. The highest BCUT2D eigenvalue weighted by atomic mass is 32.1. The molecule has 0 amide bonds. The standard InChI is InChI=1S/C28H43NO6S/c1-17-8-7-9-18(2)26(33)20(4)27(34)28(5,6)14-22(31)13-25(32)35-23(11-10-17)19(3)12-21-16-36-24(15-30)29-21/h10,12,16,18,20,22-23,26,30-31,33H,7-9,11,13-15H2,1-6H3/b17-10-,19-12+/t18-,20+,22-,23+,26+/m1/s1. The molecule has 0 bridgehead atoms. The van der Waals surface area contributed by atoms with E-state index in [0.29, 0.717) is 17.1 Å². The van der Waals surface area contributed by atoms with Crippen molar-refractivity contribution in [3.63, 3.8) is 0 Å². The molecule has 7 nitrogen and oxygen atoms in total. The summed E-state index contributed by atoms with van der Waals surface area (Å²) in [6, 6.07) is 0. The summed E-state index contributed by atoms with van der Waals surface area (Å²) in [6.07, 6.45) is 4.50. The van der Waals surface area contributed by atoms with E-state index >= 15 is 0 Å². The van der Waals surface area contributed by atoms with Crippen LogP contribution in [0.1, 0.15) is 90.8 Å². The van der Waals surface area contributed by atoms with Gasteiger partial charge in [0.2, 0.25) is 0 Å². The third kappa shape index (κ3) is 8.91. The molecule has 36 heavy (non-hydrogen) atoms. The third-order valence-electron chi connectivity index (χ3n) is 7.10.